The molecule has 1 aliphatic heterocycles. The van der Waals surface area contributed by atoms with E-state index in [1.165, 1.54) is 29.7 Å². The molecule has 1 fully saturated rings. The van der Waals surface area contributed by atoms with Crippen LogP contribution in [0.5, 0.6) is 5.75 Å². The normalized spacial score (nSPS) is 14.7. The van der Waals surface area contributed by atoms with E-state index in [1.54, 1.807) is 0 Å². The van der Waals surface area contributed by atoms with Crippen LogP contribution in [0, 0.1) is 0 Å². The third-order valence-electron chi connectivity index (χ3n) is 5.82. The van der Waals surface area contributed by atoms with Crippen LogP contribution in [0.15, 0.2) is 53.5 Å². The molecule has 1 aliphatic rings. The first-order chi connectivity index (χ1) is 15.5. The minimum absolute atomic E-state index is 0. The van der Waals surface area contributed by atoms with Gasteiger partial charge in [-0.1, -0.05) is 24.3 Å². The number of guanidine groups is 1. The van der Waals surface area contributed by atoms with Crippen molar-refractivity contribution < 1.29 is 4.74 Å². The Kier molecular flexibility index (Phi) is 11.8. The Morgan fingerprint density at radius 1 is 1.12 bits per heavy atom. The van der Waals surface area contributed by atoms with Crippen LogP contribution in [0.25, 0.3) is 0 Å². The molecule has 0 bridgehead atoms. The molecule has 0 spiro atoms. The van der Waals surface area contributed by atoms with Gasteiger partial charge in [0.05, 0.1) is 12.6 Å². The first-order valence-corrected chi connectivity index (χ1v) is 11.7. The van der Waals surface area contributed by atoms with Crippen LogP contribution in [0.3, 0.4) is 0 Å². The molecule has 2 aromatic rings. The molecule has 0 saturated carbocycles. The number of hydrogen-bond acceptors (Lipinski definition) is 4. The highest BCUT2D eigenvalue weighted by Crippen LogP contribution is 2.24. The summed E-state index contributed by atoms with van der Waals surface area (Å²) in [4.78, 5) is 9.05. The van der Waals surface area contributed by atoms with Crippen molar-refractivity contribution in [2.45, 2.75) is 38.8 Å². The lowest BCUT2D eigenvalue weighted by atomic mass is 10.1. The summed E-state index contributed by atoms with van der Waals surface area (Å²) >= 11 is 0. The summed E-state index contributed by atoms with van der Waals surface area (Å²) in [6.45, 7) is 6.99. The van der Waals surface area contributed by atoms with E-state index in [1.807, 2.05) is 19.2 Å². The molecule has 0 radical (unpaired) electrons. The maximum Gasteiger partial charge on any atom is 0.191 e. The van der Waals surface area contributed by atoms with Crippen LogP contribution >= 0.6 is 24.0 Å². The van der Waals surface area contributed by atoms with Gasteiger partial charge in [-0.25, -0.2) is 0 Å². The Hall–Kier alpha value is -2.00. The molecule has 0 aromatic heterocycles. The Balaban J connectivity index is 0.00000385. The van der Waals surface area contributed by atoms with Crippen LogP contribution in [-0.4, -0.2) is 58.2 Å². The number of ether oxygens (including phenoxy) is 1. The summed E-state index contributed by atoms with van der Waals surface area (Å²) in [6, 6.07) is 17.3. The Morgan fingerprint density at radius 2 is 1.85 bits per heavy atom. The second-order valence-electron chi connectivity index (χ2n) is 8.73. The number of benzene rings is 2. The molecule has 6 nitrogen and oxygen atoms in total. The minimum atomic E-state index is 0. The van der Waals surface area contributed by atoms with Crippen LogP contribution in [0.1, 0.15) is 43.4 Å². The van der Waals surface area contributed by atoms with Gasteiger partial charge < -0.3 is 25.2 Å². The molecule has 0 aliphatic carbocycles. The van der Waals surface area contributed by atoms with Gasteiger partial charge >= 0.3 is 0 Å². The lowest BCUT2D eigenvalue weighted by molar-refractivity contribution is 0.281. The average Bonchev–Trinajstić information content (AvgIpc) is 3.35. The van der Waals surface area contributed by atoms with Gasteiger partial charge in [0.15, 0.2) is 5.96 Å². The number of aliphatic imine (C=N–C) groups is 1. The van der Waals surface area contributed by atoms with Crippen molar-refractivity contribution in [1.29, 1.82) is 0 Å². The molecule has 1 saturated heterocycles. The van der Waals surface area contributed by atoms with Gasteiger partial charge in [0.1, 0.15) is 5.75 Å². The van der Waals surface area contributed by atoms with Gasteiger partial charge in [-0.3, -0.25) is 4.99 Å². The summed E-state index contributed by atoms with van der Waals surface area (Å²) < 4.78 is 5.82. The van der Waals surface area contributed by atoms with E-state index < -0.39 is 0 Å². The van der Waals surface area contributed by atoms with E-state index in [-0.39, 0.29) is 30.0 Å². The maximum atomic E-state index is 5.82. The van der Waals surface area contributed by atoms with E-state index in [0.717, 1.165) is 44.4 Å². The summed E-state index contributed by atoms with van der Waals surface area (Å²) in [5, 5.41) is 6.94. The fourth-order valence-corrected chi connectivity index (χ4v) is 3.91. The zero-order valence-corrected chi connectivity index (χ0v) is 22.8. The van der Waals surface area contributed by atoms with Crippen LogP contribution in [0.4, 0.5) is 5.69 Å². The predicted molar refractivity (Wildman–Crippen MR) is 150 cm³/mol. The zero-order valence-electron chi connectivity index (χ0n) is 20.5. The standard InChI is InChI=1S/C26H39N5O.HI/c1-21(23-9-7-10-24(19-23)31-16-5-6-17-31)29-26(27-2)28-20-22-11-13-25(14-12-22)32-18-8-15-30(3)4;/h7,9-14,19,21H,5-6,8,15-18,20H2,1-4H3,(H2,27,28,29);1H. The van der Waals surface area contributed by atoms with E-state index in [2.05, 4.69) is 82.8 Å². The van der Waals surface area contributed by atoms with Gasteiger partial charge in [0.25, 0.3) is 0 Å². The molecule has 2 aromatic carbocycles. The van der Waals surface area contributed by atoms with Gasteiger partial charge in [0, 0.05) is 38.9 Å². The fourth-order valence-electron chi connectivity index (χ4n) is 3.91. The predicted octanol–water partition coefficient (Wildman–Crippen LogP) is 4.66. The lowest BCUT2D eigenvalue weighted by Crippen LogP contribution is -2.38. The number of anilines is 1. The first-order valence-electron chi connectivity index (χ1n) is 11.7. The van der Waals surface area contributed by atoms with E-state index in [9.17, 15) is 0 Å². The summed E-state index contributed by atoms with van der Waals surface area (Å²) in [6.07, 6.45) is 3.60. The molecule has 1 heterocycles. The average molecular weight is 566 g/mol. The molecular weight excluding hydrogens is 525 g/mol. The molecule has 33 heavy (non-hydrogen) atoms. The third-order valence-corrected chi connectivity index (χ3v) is 5.82. The zero-order chi connectivity index (χ0) is 22.8. The van der Waals surface area contributed by atoms with Crippen LogP contribution < -0.4 is 20.3 Å². The molecule has 1 atom stereocenters. The smallest absolute Gasteiger partial charge is 0.191 e. The van der Waals surface area contributed by atoms with Crippen molar-refractivity contribution in [3.8, 4) is 5.75 Å². The molecule has 0 amide bonds. The van der Waals surface area contributed by atoms with Crippen molar-refractivity contribution in [1.82, 2.24) is 15.5 Å². The quantitative estimate of drug-likeness (QED) is 0.190. The summed E-state index contributed by atoms with van der Waals surface area (Å²) in [7, 11) is 5.97. The van der Waals surface area contributed by atoms with Gasteiger partial charge in [-0.15, -0.1) is 24.0 Å². The SMILES string of the molecule is CN=C(NCc1ccc(OCCCN(C)C)cc1)NC(C)c1cccc(N2CCCC2)c1.I. The molecule has 1 unspecified atom stereocenters. The van der Waals surface area contributed by atoms with Crippen molar-refractivity contribution in [3.63, 3.8) is 0 Å². The van der Waals surface area contributed by atoms with Crippen molar-refractivity contribution in [2.75, 3.05) is 52.3 Å². The van der Waals surface area contributed by atoms with Crippen LogP contribution in [0.2, 0.25) is 0 Å². The second kappa shape index (κ2) is 14.3. The Morgan fingerprint density at radius 3 is 2.52 bits per heavy atom. The maximum absolute atomic E-state index is 5.82. The molecule has 3 rings (SSSR count). The Bertz CT molecular complexity index is 850. The molecule has 182 valence electrons. The highest BCUT2D eigenvalue weighted by molar-refractivity contribution is 14.0. The highest BCUT2D eigenvalue weighted by Gasteiger charge is 2.14. The summed E-state index contributed by atoms with van der Waals surface area (Å²) in [5.74, 6) is 1.72. The number of nitrogens with one attached hydrogen (secondary N) is 2. The topological polar surface area (TPSA) is 52.1 Å². The van der Waals surface area contributed by atoms with Crippen molar-refractivity contribution >= 4 is 35.6 Å². The van der Waals surface area contributed by atoms with Crippen LogP contribution in [-0.2, 0) is 6.54 Å². The largest absolute Gasteiger partial charge is 0.494 e. The van der Waals surface area contributed by atoms with E-state index >= 15 is 0 Å². The lowest BCUT2D eigenvalue weighted by Gasteiger charge is -2.22. The number of nitrogens with zero attached hydrogens (tertiary/aromatic N) is 3. The number of hydrogen-bond donors (Lipinski definition) is 2. The van der Waals surface area contributed by atoms with Gasteiger partial charge in [-0.2, -0.15) is 0 Å². The minimum Gasteiger partial charge on any atom is -0.494 e. The van der Waals surface area contributed by atoms with Crippen molar-refractivity contribution in [3.05, 3.63) is 59.7 Å². The van der Waals surface area contributed by atoms with Gasteiger partial charge in [0.2, 0.25) is 0 Å². The number of rotatable bonds is 10. The molecule has 2 N–H and O–H groups in total. The second-order valence-corrected chi connectivity index (χ2v) is 8.73. The summed E-state index contributed by atoms with van der Waals surface area (Å²) in [5.41, 5.74) is 3.78. The van der Waals surface area contributed by atoms with E-state index in [4.69, 9.17) is 4.74 Å². The monoisotopic (exact) mass is 565 g/mol. The molecule has 7 heteroatoms. The van der Waals surface area contributed by atoms with E-state index in [0.29, 0.717) is 6.54 Å². The fraction of sp³-hybridized carbons (Fsp3) is 0.500. The van der Waals surface area contributed by atoms with Crippen molar-refractivity contribution in [2.24, 2.45) is 4.99 Å². The first kappa shape index (κ1) is 27.2. The molecular formula is C26H40IN5O. The third kappa shape index (κ3) is 9.04. The number of halogens is 1. The Labute approximate surface area is 216 Å². The highest BCUT2D eigenvalue weighted by atomic mass is 127. The van der Waals surface area contributed by atoms with Gasteiger partial charge in [-0.05, 0) is 75.7 Å².